The van der Waals surface area contributed by atoms with Crippen LogP contribution in [-0.2, 0) is 0 Å². The maximum Gasteiger partial charge on any atom is 0.264 e. The molecule has 4 aromatic rings. The summed E-state index contributed by atoms with van der Waals surface area (Å²) in [6.45, 7) is 2.77. The molecule has 3 heterocycles. The number of anilines is 1. The molecule has 7 heteroatoms. The zero-order chi connectivity index (χ0) is 20.5. The van der Waals surface area contributed by atoms with E-state index in [2.05, 4.69) is 4.90 Å². The third-order valence-electron chi connectivity index (χ3n) is 5.27. The summed E-state index contributed by atoms with van der Waals surface area (Å²) in [7, 11) is 0. The molecule has 0 spiro atoms. The highest BCUT2D eigenvalue weighted by Crippen LogP contribution is 2.30. The third kappa shape index (κ3) is 3.64. The van der Waals surface area contributed by atoms with Gasteiger partial charge in [-0.25, -0.2) is 9.97 Å². The number of carbonyl (C=O) groups excluding carboxylic acids is 1. The van der Waals surface area contributed by atoms with Gasteiger partial charge >= 0.3 is 0 Å². The number of benzene rings is 2. The van der Waals surface area contributed by atoms with Gasteiger partial charge < -0.3 is 9.80 Å². The van der Waals surface area contributed by atoms with E-state index in [0.717, 1.165) is 40.3 Å². The van der Waals surface area contributed by atoms with Crippen molar-refractivity contribution in [2.24, 2.45) is 0 Å². The molecule has 1 amide bonds. The minimum atomic E-state index is 0.106. The monoisotopic (exact) mass is 434 g/mol. The molecule has 1 aliphatic heterocycles. The van der Waals surface area contributed by atoms with E-state index in [4.69, 9.17) is 21.6 Å². The summed E-state index contributed by atoms with van der Waals surface area (Å²) in [5.74, 6) is 1.67. The van der Waals surface area contributed by atoms with Crippen LogP contribution >= 0.6 is 22.9 Å². The highest BCUT2D eigenvalue weighted by molar-refractivity contribution is 7.12. The molecule has 0 atom stereocenters. The lowest BCUT2D eigenvalue weighted by atomic mass is 10.1. The molecule has 30 heavy (non-hydrogen) atoms. The Morgan fingerprint density at radius 2 is 1.73 bits per heavy atom. The van der Waals surface area contributed by atoms with Gasteiger partial charge in [0.2, 0.25) is 0 Å². The van der Waals surface area contributed by atoms with Gasteiger partial charge in [0.05, 0.1) is 10.4 Å². The average molecular weight is 435 g/mol. The van der Waals surface area contributed by atoms with Crippen LogP contribution in [0.3, 0.4) is 0 Å². The van der Waals surface area contributed by atoms with Gasteiger partial charge in [-0.1, -0.05) is 48.0 Å². The molecular formula is C23H19ClN4OS. The van der Waals surface area contributed by atoms with Crippen LogP contribution in [0.15, 0.2) is 66.0 Å². The zero-order valence-electron chi connectivity index (χ0n) is 16.2. The SMILES string of the molecule is O=C(c1cccs1)N1CCN(c2nc(-c3ccccc3)nc3cc(Cl)ccc23)CC1. The lowest BCUT2D eigenvalue weighted by Gasteiger charge is -2.35. The molecule has 0 aliphatic carbocycles. The van der Waals surface area contributed by atoms with Crippen LogP contribution in [-0.4, -0.2) is 47.0 Å². The molecule has 2 aromatic heterocycles. The predicted molar refractivity (Wildman–Crippen MR) is 122 cm³/mol. The number of aromatic nitrogens is 2. The van der Waals surface area contributed by atoms with E-state index in [1.54, 1.807) is 0 Å². The maximum atomic E-state index is 12.7. The Labute approximate surface area is 183 Å². The average Bonchev–Trinajstić information content (AvgIpc) is 3.33. The first-order valence-electron chi connectivity index (χ1n) is 9.79. The number of amides is 1. The fourth-order valence-corrected chi connectivity index (χ4v) is 4.58. The van der Waals surface area contributed by atoms with Gasteiger partial charge in [0.15, 0.2) is 5.82 Å². The number of piperazine rings is 1. The van der Waals surface area contributed by atoms with Crippen molar-refractivity contribution in [2.45, 2.75) is 0 Å². The Morgan fingerprint density at radius 3 is 2.47 bits per heavy atom. The first-order chi connectivity index (χ1) is 14.7. The molecule has 1 saturated heterocycles. The Balaban J connectivity index is 1.47. The fourth-order valence-electron chi connectivity index (χ4n) is 3.72. The molecule has 0 saturated carbocycles. The molecule has 2 aromatic carbocycles. The van der Waals surface area contributed by atoms with E-state index >= 15 is 0 Å². The van der Waals surface area contributed by atoms with Gasteiger partial charge in [0.25, 0.3) is 5.91 Å². The van der Waals surface area contributed by atoms with Crippen LogP contribution < -0.4 is 4.90 Å². The fraction of sp³-hybridized carbons (Fsp3) is 0.174. The first-order valence-corrected chi connectivity index (χ1v) is 11.1. The van der Waals surface area contributed by atoms with Crippen LogP contribution in [0.1, 0.15) is 9.67 Å². The van der Waals surface area contributed by atoms with Crippen molar-refractivity contribution in [1.82, 2.24) is 14.9 Å². The summed E-state index contributed by atoms with van der Waals surface area (Å²) in [5, 5.41) is 3.56. The highest BCUT2D eigenvalue weighted by atomic mass is 35.5. The zero-order valence-corrected chi connectivity index (χ0v) is 17.7. The third-order valence-corrected chi connectivity index (χ3v) is 6.36. The van der Waals surface area contributed by atoms with Crippen LogP contribution in [0.25, 0.3) is 22.3 Å². The smallest absolute Gasteiger partial charge is 0.264 e. The molecule has 5 rings (SSSR count). The molecule has 0 N–H and O–H groups in total. The predicted octanol–water partition coefficient (Wildman–Crippen LogP) is 4.97. The van der Waals surface area contributed by atoms with E-state index in [-0.39, 0.29) is 5.91 Å². The van der Waals surface area contributed by atoms with Crippen LogP contribution in [0.4, 0.5) is 5.82 Å². The number of carbonyl (C=O) groups is 1. The summed E-state index contributed by atoms with van der Waals surface area (Å²) in [6, 6.07) is 19.5. The van der Waals surface area contributed by atoms with Crippen molar-refractivity contribution in [3.8, 4) is 11.4 Å². The number of hydrogen-bond acceptors (Lipinski definition) is 5. The van der Waals surface area contributed by atoms with E-state index in [1.165, 1.54) is 11.3 Å². The van der Waals surface area contributed by atoms with Crippen molar-refractivity contribution in [3.05, 3.63) is 75.9 Å². The topological polar surface area (TPSA) is 49.3 Å². The Bertz CT molecular complexity index is 1190. The highest BCUT2D eigenvalue weighted by Gasteiger charge is 2.25. The quantitative estimate of drug-likeness (QED) is 0.456. The van der Waals surface area contributed by atoms with Gasteiger partial charge in [-0.2, -0.15) is 0 Å². The van der Waals surface area contributed by atoms with Crippen molar-refractivity contribution >= 4 is 45.6 Å². The molecule has 150 valence electrons. The molecule has 5 nitrogen and oxygen atoms in total. The first kappa shape index (κ1) is 19.0. The second kappa shape index (κ2) is 8.05. The largest absolute Gasteiger partial charge is 0.352 e. The van der Waals surface area contributed by atoms with Crippen LogP contribution in [0.2, 0.25) is 5.02 Å². The van der Waals surface area contributed by atoms with E-state index in [0.29, 0.717) is 23.9 Å². The normalized spacial score (nSPS) is 14.3. The van der Waals surface area contributed by atoms with Crippen LogP contribution in [0.5, 0.6) is 0 Å². The van der Waals surface area contributed by atoms with Gasteiger partial charge in [-0.3, -0.25) is 4.79 Å². The van der Waals surface area contributed by atoms with Gasteiger partial charge in [0.1, 0.15) is 5.82 Å². The number of nitrogens with zero attached hydrogens (tertiary/aromatic N) is 4. The minimum absolute atomic E-state index is 0.106. The Hall–Kier alpha value is -2.96. The van der Waals surface area contributed by atoms with E-state index in [9.17, 15) is 4.79 Å². The lowest BCUT2D eigenvalue weighted by molar-refractivity contribution is 0.0751. The summed E-state index contributed by atoms with van der Waals surface area (Å²) >= 11 is 7.73. The number of thiophene rings is 1. The summed E-state index contributed by atoms with van der Waals surface area (Å²) in [5.41, 5.74) is 1.79. The van der Waals surface area contributed by atoms with Gasteiger partial charge in [-0.15, -0.1) is 11.3 Å². The van der Waals surface area contributed by atoms with Crippen LogP contribution in [0, 0.1) is 0 Å². The molecule has 0 radical (unpaired) electrons. The Morgan fingerprint density at radius 1 is 0.933 bits per heavy atom. The van der Waals surface area contributed by atoms with Crippen molar-refractivity contribution in [2.75, 3.05) is 31.1 Å². The molecule has 1 aliphatic rings. The number of hydrogen-bond donors (Lipinski definition) is 0. The maximum absolute atomic E-state index is 12.7. The second-order valence-electron chi connectivity index (χ2n) is 7.15. The summed E-state index contributed by atoms with van der Waals surface area (Å²) in [6.07, 6.45) is 0. The number of rotatable bonds is 3. The van der Waals surface area contributed by atoms with Gasteiger partial charge in [0, 0.05) is 42.2 Å². The number of halogens is 1. The molecular weight excluding hydrogens is 416 g/mol. The summed E-state index contributed by atoms with van der Waals surface area (Å²) in [4.78, 5) is 27.3. The lowest BCUT2D eigenvalue weighted by Crippen LogP contribution is -2.49. The van der Waals surface area contributed by atoms with E-state index < -0.39 is 0 Å². The molecule has 0 unspecified atom stereocenters. The van der Waals surface area contributed by atoms with E-state index in [1.807, 2.05) is 70.9 Å². The molecule has 1 fully saturated rings. The Kier molecular flexibility index (Phi) is 5.11. The van der Waals surface area contributed by atoms with Gasteiger partial charge in [-0.05, 0) is 29.6 Å². The summed E-state index contributed by atoms with van der Waals surface area (Å²) < 4.78 is 0. The molecule has 0 bridgehead atoms. The number of fused-ring (bicyclic) bond motifs is 1. The van der Waals surface area contributed by atoms with Crippen molar-refractivity contribution in [1.29, 1.82) is 0 Å². The second-order valence-corrected chi connectivity index (χ2v) is 8.54. The standard InChI is InChI=1S/C23H19ClN4OS/c24-17-8-9-18-19(15-17)25-21(16-5-2-1-3-6-16)26-22(18)27-10-12-28(13-11-27)23(29)20-7-4-14-30-20/h1-9,14-15H,10-13H2. The van der Waals surface area contributed by atoms with Crippen molar-refractivity contribution in [3.63, 3.8) is 0 Å². The minimum Gasteiger partial charge on any atom is -0.352 e. The van der Waals surface area contributed by atoms with Crippen molar-refractivity contribution < 1.29 is 4.79 Å².